The van der Waals surface area contributed by atoms with Crippen molar-refractivity contribution in [3.05, 3.63) is 11.8 Å². The third kappa shape index (κ3) is 2.55. The first-order chi connectivity index (χ1) is 7.72. The fraction of sp³-hybridized carbons (Fsp3) is 0.636. The molecule has 0 atom stereocenters. The highest BCUT2D eigenvalue weighted by atomic mass is 35.5. The van der Waals surface area contributed by atoms with E-state index >= 15 is 0 Å². The zero-order valence-electron chi connectivity index (χ0n) is 9.37. The number of alkyl halides is 1. The van der Waals surface area contributed by atoms with Crippen LogP contribution in [0.4, 0.5) is 5.82 Å². The van der Waals surface area contributed by atoms with Gasteiger partial charge in [-0.15, -0.1) is 11.6 Å². The number of aromatic nitrogens is 2. The van der Waals surface area contributed by atoms with E-state index in [9.17, 15) is 4.79 Å². The van der Waals surface area contributed by atoms with Gasteiger partial charge in [0.25, 0.3) is 0 Å². The van der Waals surface area contributed by atoms with E-state index in [-0.39, 0.29) is 5.91 Å². The number of nitrogens with one attached hydrogen (secondary N) is 1. The van der Waals surface area contributed by atoms with E-state index < -0.39 is 0 Å². The standard InChI is InChI=1S/C11H16ClN3O/c1-15(11(16)3-2-6-12)10-7-9(13-14-10)8-4-5-8/h7-8H,2-6H2,1H3,(H,13,14). The summed E-state index contributed by atoms with van der Waals surface area (Å²) in [5.74, 6) is 1.93. The summed E-state index contributed by atoms with van der Waals surface area (Å²) in [5, 5.41) is 7.14. The Hall–Kier alpha value is -1.03. The summed E-state index contributed by atoms with van der Waals surface area (Å²) in [5.41, 5.74) is 1.15. The normalized spacial score (nSPS) is 15.1. The second kappa shape index (κ2) is 4.87. The Balaban J connectivity index is 1.96. The average Bonchev–Trinajstić information content (AvgIpc) is 3.03. The fourth-order valence-electron chi connectivity index (χ4n) is 1.61. The molecule has 16 heavy (non-hydrogen) atoms. The summed E-state index contributed by atoms with van der Waals surface area (Å²) < 4.78 is 0. The van der Waals surface area contributed by atoms with Crippen molar-refractivity contribution in [2.75, 3.05) is 17.8 Å². The van der Waals surface area contributed by atoms with Gasteiger partial charge in [0.05, 0.1) is 0 Å². The Morgan fingerprint density at radius 2 is 2.44 bits per heavy atom. The van der Waals surface area contributed by atoms with Gasteiger partial charge in [-0.2, -0.15) is 5.10 Å². The summed E-state index contributed by atoms with van der Waals surface area (Å²) in [6.07, 6.45) is 3.65. The molecule has 1 heterocycles. The highest BCUT2D eigenvalue weighted by Gasteiger charge is 2.26. The molecule has 1 aliphatic carbocycles. The number of rotatable bonds is 5. The highest BCUT2D eigenvalue weighted by molar-refractivity contribution is 6.18. The van der Waals surface area contributed by atoms with Crippen LogP contribution in [0.3, 0.4) is 0 Å². The van der Waals surface area contributed by atoms with Gasteiger partial charge in [0.1, 0.15) is 0 Å². The molecule has 0 bridgehead atoms. The number of hydrogen-bond acceptors (Lipinski definition) is 2. The molecule has 5 heteroatoms. The van der Waals surface area contributed by atoms with E-state index in [1.807, 2.05) is 6.07 Å². The molecule has 1 N–H and O–H groups in total. The molecule has 4 nitrogen and oxygen atoms in total. The van der Waals surface area contributed by atoms with Crippen LogP contribution in [0.1, 0.15) is 37.3 Å². The molecule has 0 spiro atoms. The monoisotopic (exact) mass is 241 g/mol. The van der Waals surface area contributed by atoms with E-state index in [0.29, 0.717) is 30.5 Å². The van der Waals surface area contributed by atoms with Crippen LogP contribution < -0.4 is 4.90 Å². The van der Waals surface area contributed by atoms with Crippen LogP contribution in [0.5, 0.6) is 0 Å². The number of anilines is 1. The van der Waals surface area contributed by atoms with E-state index in [1.165, 1.54) is 12.8 Å². The van der Waals surface area contributed by atoms with Crippen molar-refractivity contribution in [2.45, 2.75) is 31.6 Å². The predicted octanol–water partition coefficient (Wildman–Crippen LogP) is 2.27. The first-order valence-corrected chi connectivity index (χ1v) is 6.13. The van der Waals surface area contributed by atoms with Gasteiger partial charge in [-0.3, -0.25) is 14.8 Å². The van der Waals surface area contributed by atoms with Gasteiger partial charge in [-0.1, -0.05) is 0 Å². The Labute approximate surface area is 100.0 Å². The molecule has 1 amide bonds. The third-order valence-electron chi connectivity index (χ3n) is 2.84. The maximum absolute atomic E-state index is 11.7. The van der Waals surface area contributed by atoms with Gasteiger partial charge in [0.15, 0.2) is 5.82 Å². The Morgan fingerprint density at radius 3 is 3.06 bits per heavy atom. The van der Waals surface area contributed by atoms with Crippen molar-refractivity contribution in [3.8, 4) is 0 Å². The molecule has 0 aromatic carbocycles. The number of amides is 1. The molecule has 1 aromatic heterocycles. The molecular weight excluding hydrogens is 226 g/mol. The van der Waals surface area contributed by atoms with Crippen LogP contribution in [0.15, 0.2) is 6.07 Å². The van der Waals surface area contributed by atoms with E-state index in [1.54, 1.807) is 11.9 Å². The van der Waals surface area contributed by atoms with E-state index in [0.717, 1.165) is 5.69 Å². The van der Waals surface area contributed by atoms with Gasteiger partial charge in [-0.25, -0.2) is 0 Å². The zero-order chi connectivity index (χ0) is 11.5. The minimum Gasteiger partial charge on any atom is -0.298 e. The van der Waals surface area contributed by atoms with Gasteiger partial charge >= 0.3 is 0 Å². The van der Waals surface area contributed by atoms with Gasteiger partial charge in [0, 0.05) is 37.0 Å². The largest absolute Gasteiger partial charge is 0.298 e. The number of carbonyl (C=O) groups excluding carboxylic acids is 1. The molecule has 1 aromatic rings. The average molecular weight is 242 g/mol. The number of hydrogen-bond donors (Lipinski definition) is 1. The quantitative estimate of drug-likeness (QED) is 0.804. The first kappa shape index (κ1) is 11.5. The molecule has 1 fully saturated rings. The smallest absolute Gasteiger partial charge is 0.227 e. The molecule has 0 unspecified atom stereocenters. The molecule has 2 rings (SSSR count). The van der Waals surface area contributed by atoms with Crippen LogP contribution in [-0.2, 0) is 4.79 Å². The second-order valence-electron chi connectivity index (χ2n) is 4.20. The molecule has 0 saturated heterocycles. The Morgan fingerprint density at radius 1 is 1.69 bits per heavy atom. The predicted molar refractivity (Wildman–Crippen MR) is 63.9 cm³/mol. The minimum atomic E-state index is 0.0643. The summed E-state index contributed by atoms with van der Waals surface area (Å²) in [6.45, 7) is 0. The lowest BCUT2D eigenvalue weighted by molar-refractivity contribution is -0.118. The molecular formula is C11H16ClN3O. The van der Waals surface area contributed by atoms with E-state index in [2.05, 4.69) is 10.2 Å². The van der Waals surface area contributed by atoms with E-state index in [4.69, 9.17) is 11.6 Å². The number of aromatic amines is 1. The molecule has 0 aliphatic heterocycles. The summed E-state index contributed by atoms with van der Waals surface area (Å²) in [7, 11) is 1.75. The first-order valence-electron chi connectivity index (χ1n) is 5.60. The lowest BCUT2D eigenvalue weighted by Gasteiger charge is -2.13. The maximum atomic E-state index is 11.7. The second-order valence-corrected chi connectivity index (χ2v) is 4.58. The SMILES string of the molecule is CN(C(=O)CCCCl)c1cc(C2CC2)[nH]n1. The molecule has 0 radical (unpaired) electrons. The topological polar surface area (TPSA) is 49.0 Å². The van der Waals surface area contributed by atoms with Crippen LogP contribution >= 0.6 is 11.6 Å². The highest BCUT2D eigenvalue weighted by Crippen LogP contribution is 2.39. The van der Waals surface area contributed by atoms with Gasteiger partial charge < -0.3 is 0 Å². The van der Waals surface area contributed by atoms with Crippen molar-refractivity contribution < 1.29 is 4.79 Å². The third-order valence-corrected chi connectivity index (χ3v) is 3.11. The van der Waals surface area contributed by atoms with Gasteiger partial charge in [-0.05, 0) is 19.3 Å². The lowest BCUT2D eigenvalue weighted by Crippen LogP contribution is -2.26. The number of H-pyrrole nitrogens is 1. The Bertz CT molecular complexity index is 373. The Kier molecular flexibility index (Phi) is 3.49. The van der Waals surface area contributed by atoms with Crippen molar-refractivity contribution >= 4 is 23.3 Å². The van der Waals surface area contributed by atoms with Crippen molar-refractivity contribution in [2.24, 2.45) is 0 Å². The lowest BCUT2D eigenvalue weighted by atomic mass is 10.3. The number of halogens is 1. The minimum absolute atomic E-state index is 0.0643. The summed E-state index contributed by atoms with van der Waals surface area (Å²) >= 11 is 5.56. The number of nitrogens with zero attached hydrogens (tertiary/aromatic N) is 2. The molecule has 1 saturated carbocycles. The summed E-state index contributed by atoms with van der Waals surface area (Å²) in [4.78, 5) is 13.3. The van der Waals surface area contributed by atoms with Crippen molar-refractivity contribution in [1.82, 2.24) is 10.2 Å². The van der Waals surface area contributed by atoms with Crippen molar-refractivity contribution in [1.29, 1.82) is 0 Å². The molecule has 1 aliphatic rings. The maximum Gasteiger partial charge on any atom is 0.227 e. The fourth-order valence-corrected chi connectivity index (χ4v) is 1.75. The van der Waals surface area contributed by atoms with Crippen LogP contribution in [0.2, 0.25) is 0 Å². The number of carbonyl (C=O) groups is 1. The van der Waals surface area contributed by atoms with Crippen molar-refractivity contribution in [3.63, 3.8) is 0 Å². The zero-order valence-corrected chi connectivity index (χ0v) is 10.1. The van der Waals surface area contributed by atoms with Crippen LogP contribution in [0.25, 0.3) is 0 Å². The molecule has 88 valence electrons. The van der Waals surface area contributed by atoms with Gasteiger partial charge in [0.2, 0.25) is 5.91 Å². The van der Waals surface area contributed by atoms with Crippen LogP contribution in [0, 0.1) is 0 Å². The van der Waals surface area contributed by atoms with Crippen LogP contribution in [-0.4, -0.2) is 29.0 Å². The summed E-state index contributed by atoms with van der Waals surface area (Å²) in [6, 6.07) is 1.97.